The molecule has 0 unspecified atom stereocenters. The van der Waals surface area contributed by atoms with E-state index in [-0.39, 0.29) is 22.0 Å². The molecule has 0 radical (unpaired) electrons. The molecular formula is C23H24FN3O4S2. The Hall–Kier alpha value is -2.82. The fourth-order valence-electron chi connectivity index (χ4n) is 3.69. The topological polar surface area (TPSA) is 88.6 Å². The van der Waals surface area contributed by atoms with E-state index in [4.69, 9.17) is 4.74 Å². The van der Waals surface area contributed by atoms with Crippen molar-refractivity contribution in [1.29, 1.82) is 0 Å². The largest absolute Gasteiger partial charge is 0.495 e. The van der Waals surface area contributed by atoms with Gasteiger partial charge < -0.3 is 4.74 Å². The predicted octanol–water partition coefficient (Wildman–Crippen LogP) is 4.23. The Balaban J connectivity index is 1.55. The lowest BCUT2D eigenvalue weighted by Gasteiger charge is -2.18. The second-order valence-electron chi connectivity index (χ2n) is 7.76. The van der Waals surface area contributed by atoms with E-state index in [2.05, 4.69) is 10.3 Å². The normalized spacial score (nSPS) is 14.4. The summed E-state index contributed by atoms with van der Waals surface area (Å²) in [6.45, 7) is 2.76. The molecule has 33 heavy (non-hydrogen) atoms. The number of nitrogens with zero attached hydrogens (tertiary/aromatic N) is 2. The van der Waals surface area contributed by atoms with Gasteiger partial charge in [0.25, 0.3) is 5.91 Å². The molecule has 0 spiro atoms. The van der Waals surface area contributed by atoms with Crippen molar-refractivity contribution in [3.63, 3.8) is 0 Å². The number of halogens is 1. The number of sulfonamides is 1. The summed E-state index contributed by atoms with van der Waals surface area (Å²) in [6, 6.07) is 10.6. The zero-order valence-electron chi connectivity index (χ0n) is 18.3. The molecule has 1 aromatic heterocycles. The zero-order valence-corrected chi connectivity index (χ0v) is 19.9. The molecule has 0 saturated carbocycles. The Kier molecular flexibility index (Phi) is 6.78. The molecule has 0 aliphatic carbocycles. The maximum Gasteiger partial charge on any atom is 0.257 e. The van der Waals surface area contributed by atoms with Gasteiger partial charge in [0.05, 0.1) is 12.8 Å². The van der Waals surface area contributed by atoms with E-state index in [1.807, 2.05) is 6.92 Å². The number of methoxy groups -OCH3 is 1. The average molecular weight is 490 g/mol. The number of anilines is 1. The van der Waals surface area contributed by atoms with Gasteiger partial charge in [-0.15, -0.1) is 11.3 Å². The van der Waals surface area contributed by atoms with E-state index in [0.717, 1.165) is 29.0 Å². The SMILES string of the molecule is COc1ccc(C(=O)Nc2nc(C)c(Cc3ccc(F)cc3)s2)cc1S(=O)(=O)N1CCCC1. The highest BCUT2D eigenvalue weighted by Gasteiger charge is 2.30. The summed E-state index contributed by atoms with van der Waals surface area (Å²) in [7, 11) is -2.36. The Bertz CT molecular complexity index is 1270. The second-order valence-corrected chi connectivity index (χ2v) is 10.8. The van der Waals surface area contributed by atoms with Crippen molar-refractivity contribution >= 4 is 32.4 Å². The molecule has 1 aliphatic rings. The molecule has 3 aromatic rings. The highest BCUT2D eigenvalue weighted by atomic mass is 32.2. The molecule has 2 aromatic carbocycles. The summed E-state index contributed by atoms with van der Waals surface area (Å²) in [5.41, 5.74) is 1.90. The fraction of sp³-hybridized carbons (Fsp3) is 0.304. The monoisotopic (exact) mass is 489 g/mol. The highest BCUT2D eigenvalue weighted by molar-refractivity contribution is 7.89. The van der Waals surface area contributed by atoms with Crippen molar-refractivity contribution in [2.45, 2.75) is 31.1 Å². The minimum absolute atomic E-state index is 0.0214. The molecule has 174 valence electrons. The number of carbonyl (C=O) groups is 1. The van der Waals surface area contributed by atoms with Crippen LogP contribution in [0.5, 0.6) is 5.75 Å². The van der Waals surface area contributed by atoms with E-state index < -0.39 is 15.9 Å². The van der Waals surface area contributed by atoms with Gasteiger partial charge in [-0.1, -0.05) is 12.1 Å². The lowest BCUT2D eigenvalue weighted by Crippen LogP contribution is -2.28. The van der Waals surface area contributed by atoms with Crippen molar-refractivity contribution < 1.29 is 22.3 Å². The quantitative estimate of drug-likeness (QED) is 0.537. The van der Waals surface area contributed by atoms with Crippen LogP contribution in [0, 0.1) is 12.7 Å². The molecular weight excluding hydrogens is 465 g/mol. The van der Waals surface area contributed by atoms with Crippen LogP contribution in [0.4, 0.5) is 9.52 Å². The molecule has 0 bridgehead atoms. The van der Waals surface area contributed by atoms with Gasteiger partial charge in [0, 0.05) is 30.0 Å². The molecule has 2 heterocycles. The first-order valence-electron chi connectivity index (χ1n) is 10.5. The third-order valence-electron chi connectivity index (χ3n) is 5.50. The second kappa shape index (κ2) is 9.58. The van der Waals surface area contributed by atoms with Gasteiger partial charge in [0.2, 0.25) is 10.0 Å². The summed E-state index contributed by atoms with van der Waals surface area (Å²) in [4.78, 5) is 18.2. The molecule has 1 saturated heterocycles. The summed E-state index contributed by atoms with van der Waals surface area (Å²) < 4.78 is 46.0. The Labute approximate surface area is 196 Å². The van der Waals surface area contributed by atoms with Crippen LogP contribution in [0.2, 0.25) is 0 Å². The Morgan fingerprint density at radius 2 is 1.88 bits per heavy atom. The van der Waals surface area contributed by atoms with E-state index in [1.54, 1.807) is 12.1 Å². The Morgan fingerprint density at radius 3 is 2.55 bits per heavy atom. The number of rotatable bonds is 7. The van der Waals surface area contributed by atoms with Crippen LogP contribution >= 0.6 is 11.3 Å². The first kappa shape index (κ1) is 23.3. The number of aryl methyl sites for hydroxylation is 1. The van der Waals surface area contributed by atoms with E-state index in [0.29, 0.717) is 24.6 Å². The number of thiazole rings is 1. The number of ether oxygens (including phenoxy) is 1. The van der Waals surface area contributed by atoms with Gasteiger partial charge in [0.1, 0.15) is 16.5 Å². The molecule has 7 nitrogen and oxygen atoms in total. The summed E-state index contributed by atoms with van der Waals surface area (Å²) in [5.74, 6) is -0.555. The minimum Gasteiger partial charge on any atom is -0.495 e. The predicted molar refractivity (Wildman–Crippen MR) is 125 cm³/mol. The third-order valence-corrected chi connectivity index (χ3v) is 8.49. The molecule has 1 N–H and O–H groups in total. The maximum absolute atomic E-state index is 13.1. The van der Waals surface area contributed by atoms with Crippen LogP contribution in [0.1, 0.15) is 39.3 Å². The zero-order chi connectivity index (χ0) is 23.6. The molecule has 10 heteroatoms. The van der Waals surface area contributed by atoms with Crippen molar-refractivity contribution in [3.05, 3.63) is 70.0 Å². The first-order chi connectivity index (χ1) is 15.8. The minimum atomic E-state index is -3.76. The number of benzene rings is 2. The van der Waals surface area contributed by atoms with Crippen LogP contribution in [0.15, 0.2) is 47.4 Å². The van der Waals surface area contributed by atoms with E-state index in [1.165, 1.54) is 53.1 Å². The van der Waals surface area contributed by atoms with E-state index in [9.17, 15) is 17.6 Å². The van der Waals surface area contributed by atoms with E-state index >= 15 is 0 Å². The summed E-state index contributed by atoms with van der Waals surface area (Å²) >= 11 is 1.33. The maximum atomic E-state index is 13.1. The number of carbonyl (C=O) groups excluding carboxylic acids is 1. The van der Waals surface area contributed by atoms with Gasteiger partial charge in [-0.05, 0) is 55.7 Å². The first-order valence-corrected chi connectivity index (χ1v) is 12.7. The van der Waals surface area contributed by atoms with Gasteiger partial charge >= 0.3 is 0 Å². The lowest BCUT2D eigenvalue weighted by molar-refractivity contribution is 0.102. The number of nitrogens with one attached hydrogen (secondary N) is 1. The molecule has 1 fully saturated rings. The fourth-order valence-corrected chi connectivity index (χ4v) is 6.38. The van der Waals surface area contributed by atoms with Gasteiger partial charge in [0.15, 0.2) is 5.13 Å². The smallest absolute Gasteiger partial charge is 0.257 e. The van der Waals surface area contributed by atoms with Crippen LogP contribution in [0.3, 0.4) is 0 Å². The van der Waals surface area contributed by atoms with Crippen molar-refractivity contribution in [2.75, 3.05) is 25.5 Å². The third kappa shape index (κ3) is 5.07. The molecule has 0 atom stereocenters. The Morgan fingerprint density at radius 1 is 1.18 bits per heavy atom. The summed E-state index contributed by atoms with van der Waals surface area (Å²) in [6.07, 6.45) is 2.19. The van der Waals surface area contributed by atoms with Gasteiger partial charge in [-0.2, -0.15) is 4.31 Å². The lowest BCUT2D eigenvalue weighted by atomic mass is 10.1. The van der Waals surface area contributed by atoms with Crippen molar-refractivity contribution in [2.24, 2.45) is 0 Å². The van der Waals surface area contributed by atoms with Gasteiger partial charge in [-0.25, -0.2) is 17.8 Å². The molecule has 1 amide bonds. The number of hydrogen-bond acceptors (Lipinski definition) is 6. The molecule has 4 rings (SSSR count). The van der Waals surface area contributed by atoms with Crippen LogP contribution in [0.25, 0.3) is 0 Å². The van der Waals surface area contributed by atoms with Crippen LogP contribution in [-0.2, 0) is 16.4 Å². The van der Waals surface area contributed by atoms with Crippen molar-refractivity contribution in [1.82, 2.24) is 9.29 Å². The van der Waals surface area contributed by atoms with Crippen molar-refractivity contribution in [3.8, 4) is 5.75 Å². The highest BCUT2D eigenvalue weighted by Crippen LogP contribution is 2.31. The standard InChI is InChI=1S/C23H24FN3O4S2/c1-15-20(13-16-5-8-18(24)9-6-16)32-23(25-15)26-22(28)17-7-10-19(31-2)21(14-17)33(29,30)27-11-3-4-12-27/h5-10,14H,3-4,11-13H2,1-2H3,(H,25,26,28). The number of aromatic nitrogens is 1. The number of hydrogen-bond donors (Lipinski definition) is 1. The van der Waals surface area contributed by atoms with Crippen LogP contribution < -0.4 is 10.1 Å². The number of amides is 1. The van der Waals surface area contributed by atoms with Gasteiger partial charge in [-0.3, -0.25) is 10.1 Å². The average Bonchev–Trinajstić information content (AvgIpc) is 3.46. The molecule has 1 aliphatic heterocycles. The van der Waals surface area contributed by atoms with Crippen LogP contribution in [-0.4, -0.2) is 43.8 Å². The summed E-state index contributed by atoms with van der Waals surface area (Å²) in [5, 5.41) is 3.17.